The Labute approximate surface area is 124 Å². The lowest BCUT2D eigenvalue weighted by molar-refractivity contribution is 0.452. The highest BCUT2D eigenvalue weighted by atomic mass is 32.2. The van der Waals surface area contributed by atoms with Crippen LogP contribution in [-0.4, -0.2) is 16.5 Å². The summed E-state index contributed by atoms with van der Waals surface area (Å²) in [6.45, 7) is 4.26. The number of thioether (sulfide) groups is 1. The molecule has 0 aromatic heterocycles. The van der Waals surface area contributed by atoms with Crippen molar-refractivity contribution >= 4 is 16.9 Å². The minimum Gasteiger partial charge on any atom is -0.359 e. The molecule has 20 heavy (non-hydrogen) atoms. The molecule has 1 saturated carbocycles. The number of aliphatic imine (C=N–C) groups is 1. The topological polar surface area (TPSA) is 24.4 Å². The highest BCUT2D eigenvalue weighted by molar-refractivity contribution is 8.14. The molecule has 1 saturated heterocycles. The number of aryl methyl sites for hydroxylation is 2. The van der Waals surface area contributed by atoms with Crippen LogP contribution in [0.4, 0.5) is 4.39 Å². The first-order chi connectivity index (χ1) is 9.58. The number of halogens is 1. The smallest absolute Gasteiger partial charge is 0.157 e. The van der Waals surface area contributed by atoms with E-state index < -0.39 is 0 Å². The van der Waals surface area contributed by atoms with Crippen LogP contribution in [0.5, 0.6) is 0 Å². The van der Waals surface area contributed by atoms with Gasteiger partial charge in [0.05, 0.1) is 6.54 Å². The molecule has 1 aliphatic carbocycles. The Morgan fingerprint density at radius 1 is 1.25 bits per heavy atom. The van der Waals surface area contributed by atoms with Crippen LogP contribution in [0.15, 0.2) is 17.1 Å². The quantitative estimate of drug-likeness (QED) is 0.892. The minimum absolute atomic E-state index is 0.0975. The van der Waals surface area contributed by atoms with Gasteiger partial charge in [0.25, 0.3) is 0 Å². The van der Waals surface area contributed by atoms with E-state index in [9.17, 15) is 4.39 Å². The van der Waals surface area contributed by atoms with Crippen molar-refractivity contribution in [3.05, 3.63) is 34.6 Å². The van der Waals surface area contributed by atoms with Crippen LogP contribution in [0.2, 0.25) is 0 Å². The molecule has 0 bridgehead atoms. The van der Waals surface area contributed by atoms with Gasteiger partial charge in [-0.3, -0.25) is 4.99 Å². The van der Waals surface area contributed by atoms with E-state index >= 15 is 0 Å². The van der Waals surface area contributed by atoms with Gasteiger partial charge in [0.2, 0.25) is 0 Å². The van der Waals surface area contributed by atoms with Crippen LogP contribution in [0.25, 0.3) is 0 Å². The first-order valence-electron chi connectivity index (χ1n) is 7.29. The second kappa shape index (κ2) is 5.40. The highest BCUT2D eigenvalue weighted by Crippen LogP contribution is 2.37. The maximum absolute atomic E-state index is 13.6. The fraction of sp³-hybridized carbons (Fsp3) is 0.562. The zero-order valence-electron chi connectivity index (χ0n) is 12.1. The van der Waals surface area contributed by atoms with Crippen LogP contribution in [0, 0.1) is 19.7 Å². The zero-order valence-corrected chi connectivity index (χ0v) is 12.9. The summed E-state index contributed by atoms with van der Waals surface area (Å²) >= 11 is 1.83. The van der Waals surface area contributed by atoms with Crippen molar-refractivity contribution in [1.82, 2.24) is 5.32 Å². The second-order valence-corrected chi connectivity index (χ2v) is 7.03. The summed E-state index contributed by atoms with van der Waals surface area (Å²) in [5.74, 6) is 1.05. The first-order valence-corrected chi connectivity index (χ1v) is 8.28. The molecule has 1 aromatic carbocycles. The standard InChI is InChI=1S/C16H21FN2S/c1-11-7-13(8-12(2)14(11)17)9-18-15-19-16(10-20-15)5-3-4-6-16/h7-8H,3-6,9-10H2,1-2H3,(H,18,19). The molecule has 1 N–H and O–H groups in total. The molecule has 0 unspecified atom stereocenters. The molecular weight excluding hydrogens is 271 g/mol. The van der Waals surface area contributed by atoms with Gasteiger partial charge in [-0.15, -0.1) is 0 Å². The van der Waals surface area contributed by atoms with E-state index in [0.29, 0.717) is 23.2 Å². The molecule has 0 amide bonds. The van der Waals surface area contributed by atoms with E-state index in [1.807, 2.05) is 37.7 Å². The number of benzene rings is 1. The number of nitrogens with one attached hydrogen (secondary N) is 1. The lowest BCUT2D eigenvalue weighted by atomic mass is 10.0. The summed E-state index contributed by atoms with van der Waals surface area (Å²) in [6.07, 6.45) is 5.20. The van der Waals surface area contributed by atoms with Gasteiger partial charge in [0, 0.05) is 11.3 Å². The molecule has 1 heterocycles. The molecule has 0 radical (unpaired) electrons. The van der Waals surface area contributed by atoms with Crippen molar-refractivity contribution in [2.75, 3.05) is 5.75 Å². The van der Waals surface area contributed by atoms with Gasteiger partial charge in [0.15, 0.2) is 5.17 Å². The largest absolute Gasteiger partial charge is 0.359 e. The third-order valence-corrected chi connectivity index (χ3v) is 5.52. The minimum atomic E-state index is -0.0975. The SMILES string of the molecule is Cc1cc(CN=C2NC3(CCCC3)CS2)cc(C)c1F. The summed E-state index contributed by atoms with van der Waals surface area (Å²) in [4.78, 5) is 4.67. The van der Waals surface area contributed by atoms with E-state index in [4.69, 9.17) is 0 Å². The summed E-state index contributed by atoms with van der Waals surface area (Å²) < 4.78 is 13.6. The van der Waals surface area contributed by atoms with Gasteiger partial charge in [0.1, 0.15) is 5.82 Å². The Morgan fingerprint density at radius 2 is 1.90 bits per heavy atom. The predicted molar refractivity (Wildman–Crippen MR) is 83.8 cm³/mol. The van der Waals surface area contributed by atoms with Crippen molar-refractivity contribution in [2.24, 2.45) is 4.99 Å². The second-order valence-electron chi connectivity index (χ2n) is 6.07. The molecule has 1 aromatic rings. The van der Waals surface area contributed by atoms with Crippen molar-refractivity contribution in [1.29, 1.82) is 0 Å². The predicted octanol–water partition coefficient (Wildman–Crippen LogP) is 3.95. The highest BCUT2D eigenvalue weighted by Gasteiger charge is 2.39. The van der Waals surface area contributed by atoms with Gasteiger partial charge >= 0.3 is 0 Å². The fourth-order valence-electron chi connectivity index (χ4n) is 3.20. The third kappa shape index (κ3) is 2.71. The Hall–Kier alpha value is -1.03. The molecule has 1 aliphatic heterocycles. The molecule has 4 heteroatoms. The van der Waals surface area contributed by atoms with E-state index in [1.165, 1.54) is 25.7 Å². The molecular formula is C16H21FN2S. The molecule has 2 aliphatic rings. The number of rotatable bonds is 2. The van der Waals surface area contributed by atoms with Crippen molar-refractivity contribution in [2.45, 2.75) is 51.6 Å². The van der Waals surface area contributed by atoms with Crippen LogP contribution in [0.1, 0.15) is 42.4 Å². The van der Waals surface area contributed by atoms with Crippen LogP contribution in [0.3, 0.4) is 0 Å². The maximum atomic E-state index is 13.6. The van der Waals surface area contributed by atoms with Crippen molar-refractivity contribution < 1.29 is 4.39 Å². The summed E-state index contributed by atoms with van der Waals surface area (Å²) in [5.41, 5.74) is 2.82. The molecule has 0 atom stereocenters. The maximum Gasteiger partial charge on any atom is 0.157 e. The Balaban J connectivity index is 1.69. The Morgan fingerprint density at radius 3 is 2.55 bits per heavy atom. The number of hydrogen-bond acceptors (Lipinski definition) is 2. The van der Waals surface area contributed by atoms with Crippen molar-refractivity contribution in [3.8, 4) is 0 Å². The molecule has 1 spiro atoms. The van der Waals surface area contributed by atoms with Gasteiger partial charge in [-0.1, -0.05) is 36.7 Å². The van der Waals surface area contributed by atoms with Crippen LogP contribution < -0.4 is 5.32 Å². The van der Waals surface area contributed by atoms with E-state index in [0.717, 1.165) is 16.5 Å². The molecule has 3 rings (SSSR count). The van der Waals surface area contributed by atoms with Gasteiger partial charge in [-0.25, -0.2) is 4.39 Å². The van der Waals surface area contributed by atoms with Gasteiger partial charge in [-0.05, 0) is 43.4 Å². The van der Waals surface area contributed by atoms with Crippen LogP contribution in [-0.2, 0) is 6.54 Å². The summed E-state index contributed by atoms with van der Waals surface area (Å²) in [6, 6.07) is 3.80. The lowest BCUT2D eigenvalue weighted by Gasteiger charge is -2.21. The summed E-state index contributed by atoms with van der Waals surface area (Å²) in [5, 5.41) is 4.68. The van der Waals surface area contributed by atoms with Crippen molar-refractivity contribution in [3.63, 3.8) is 0 Å². The molecule has 2 fully saturated rings. The average Bonchev–Trinajstić information content (AvgIpc) is 3.04. The first kappa shape index (κ1) is 13.9. The van der Waals surface area contributed by atoms with E-state index in [-0.39, 0.29) is 5.82 Å². The Kier molecular flexibility index (Phi) is 3.76. The zero-order chi connectivity index (χ0) is 14.2. The summed E-state index contributed by atoms with van der Waals surface area (Å²) in [7, 11) is 0. The van der Waals surface area contributed by atoms with E-state index in [1.54, 1.807) is 0 Å². The normalized spacial score (nSPS) is 22.6. The fourth-order valence-corrected chi connectivity index (χ4v) is 4.42. The van der Waals surface area contributed by atoms with E-state index in [2.05, 4.69) is 10.3 Å². The number of hydrogen-bond donors (Lipinski definition) is 1. The van der Waals surface area contributed by atoms with Gasteiger partial charge < -0.3 is 5.32 Å². The molecule has 2 nitrogen and oxygen atoms in total. The third-order valence-electron chi connectivity index (χ3n) is 4.32. The monoisotopic (exact) mass is 292 g/mol. The number of amidine groups is 1. The van der Waals surface area contributed by atoms with Gasteiger partial charge in [-0.2, -0.15) is 0 Å². The van der Waals surface area contributed by atoms with Crippen LogP contribution >= 0.6 is 11.8 Å². The Bertz CT molecular complexity index is 524. The number of nitrogens with zero attached hydrogens (tertiary/aromatic N) is 1. The lowest BCUT2D eigenvalue weighted by Crippen LogP contribution is -2.40. The average molecular weight is 292 g/mol. The molecule has 108 valence electrons.